The summed E-state index contributed by atoms with van der Waals surface area (Å²) in [4.78, 5) is 25.1. The Bertz CT molecular complexity index is 305. The lowest BCUT2D eigenvalue weighted by Crippen LogP contribution is -2.50. The quantitative estimate of drug-likeness (QED) is 0.744. The number of nitrogens with zero attached hydrogens (tertiary/aromatic N) is 1. The molecule has 1 aliphatic heterocycles. The van der Waals surface area contributed by atoms with Gasteiger partial charge in [0.15, 0.2) is 0 Å². The summed E-state index contributed by atoms with van der Waals surface area (Å²) in [6.07, 6.45) is 1.90. The summed E-state index contributed by atoms with van der Waals surface area (Å²) in [5.41, 5.74) is 5.22. The Morgan fingerprint density at radius 2 is 2.11 bits per heavy atom. The third-order valence-corrected chi connectivity index (χ3v) is 3.32. The molecule has 2 atom stereocenters. The fraction of sp³-hybridized carbons (Fsp3) is 0.846. The van der Waals surface area contributed by atoms with Gasteiger partial charge in [0.2, 0.25) is 11.8 Å². The van der Waals surface area contributed by atoms with E-state index in [0.29, 0.717) is 12.5 Å². The molecule has 3 N–H and O–H groups in total. The van der Waals surface area contributed by atoms with E-state index < -0.39 is 5.91 Å². The normalized spacial score (nSPS) is 24.0. The first-order valence-corrected chi connectivity index (χ1v) is 6.72. The van der Waals surface area contributed by atoms with Crippen molar-refractivity contribution in [2.75, 3.05) is 19.6 Å². The Morgan fingerprint density at radius 1 is 1.44 bits per heavy atom. The lowest BCUT2D eigenvalue weighted by Gasteiger charge is -2.34. The van der Waals surface area contributed by atoms with Crippen molar-refractivity contribution in [2.24, 2.45) is 17.6 Å². The zero-order valence-electron chi connectivity index (χ0n) is 11.6. The number of nitrogens with two attached hydrogens (primary N) is 1. The number of nitrogens with one attached hydrogen (secondary N) is 1. The molecule has 2 amide bonds. The molecule has 5 heteroatoms. The Balaban J connectivity index is 2.70. The zero-order valence-corrected chi connectivity index (χ0v) is 11.6. The molecule has 0 saturated carbocycles. The molecule has 1 heterocycles. The zero-order chi connectivity index (χ0) is 13.7. The minimum atomic E-state index is -0.444. The van der Waals surface area contributed by atoms with Gasteiger partial charge in [0.05, 0.1) is 12.5 Å². The standard InChI is InChI=1S/C13H25N3O2/c1-9(2)7-16(8-12(14)17)13(18)11-5-4-6-15-10(11)3/h9-11,15H,4-8H2,1-3H3,(H2,14,17). The maximum atomic E-state index is 12.5. The number of piperidine rings is 1. The van der Waals surface area contributed by atoms with Gasteiger partial charge in [-0.25, -0.2) is 0 Å². The van der Waals surface area contributed by atoms with Crippen molar-refractivity contribution in [3.63, 3.8) is 0 Å². The summed E-state index contributed by atoms with van der Waals surface area (Å²) in [6, 6.07) is 0.175. The van der Waals surface area contributed by atoms with Gasteiger partial charge in [-0.15, -0.1) is 0 Å². The van der Waals surface area contributed by atoms with Gasteiger partial charge in [-0.1, -0.05) is 13.8 Å². The van der Waals surface area contributed by atoms with Gasteiger partial charge in [0.25, 0.3) is 0 Å². The lowest BCUT2D eigenvalue weighted by molar-refractivity contribution is -0.140. The molecule has 0 aromatic rings. The average Bonchev–Trinajstić information content (AvgIpc) is 2.26. The minimum Gasteiger partial charge on any atom is -0.368 e. The summed E-state index contributed by atoms with van der Waals surface area (Å²) < 4.78 is 0. The van der Waals surface area contributed by atoms with Crippen LogP contribution in [0.2, 0.25) is 0 Å². The summed E-state index contributed by atoms with van der Waals surface area (Å²) in [7, 11) is 0. The molecule has 0 radical (unpaired) electrons. The molecule has 104 valence electrons. The SMILES string of the molecule is CC(C)CN(CC(N)=O)C(=O)C1CCCNC1C. The van der Waals surface area contributed by atoms with Gasteiger partial charge in [-0.3, -0.25) is 9.59 Å². The van der Waals surface area contributed by atoms with Crippen molar-refractivity contribution in [1.29, 1.82) is 0 Å². The highest BCUT2D eigenvalue weighted by Gasteiger charge is 2.31. The van der Waals surface area contributed by atoms with E-state index in [9.17, 15) is 9.59 Å². The highest BCUT2D eigenvalue weighted by Crippen LogP contribution is 2.19. The highest BCUT2D eigenvalue weighted by molar-refractivity contribution is 5.85. The van der Waals surface area contributed by atoms with Crippen molar-refractivity contribution in [1.82, 2.24) is 10.2 Å². The second-order valence-corrected chi connectivity index (χ2v) is 5.57. The predicted molar refractivity (Wildman–Crippen MR) is 70.8 cm³/mol. The number of primary amides is 1. The average molecular weight is 255 g/mol. The lowest BCUT2D eigenvalue weighted by atomic mass is 9.90. The monoisotopic (exact) mass is 255 g/mol. The molecule has 0 aliphatic carbocycles. The smallest absolute Gasteiger partial charge is 0.237 e. The van der Waals surface area contributed by atoms with Gasteiger partial charge in [-0.2, -0.15) is 0 Å². The van der Waals surface area contributed by atoms with Crippen molar-refractivity contribution in [3.05, 3.63) is 0 Å². The van der Waals surface area contributed by atoms with Crippen LogP contribution in [0.3, 0.4) is 0 Å². The first-order chi connectivity index (χ1) is 8.41. The molecule has 2 unspecified atom stereocenters. The van der Waals surface area contributed by atoms with E-state index in [2.05, 4.69) is 5.32 Å². The van der Waals surface area contributed by atoms with Crippen LogP contribution in [0.4, 0.5) is 0 Å². The largest absolute Gasteiger partial charge is 0.368 e. The van der Waals surface area contributed by atoms with Crippen molar-refractivity contribution < 1.29 is 9.59 Å². The summed E-state index contributed by atoms with van der Waals surface area (Å²) in [5.74, 6) is -0.0837. The van der Waals surface area contributed by atoms with Crippen LogP contribution >= 0.6 is 0 Å². The Hall–Kier alpha value is -1.10. The van der Waals surface area contributed by atoms with Crippen LogP contribution in [0.25, 0.3) is 0 Å². The van der Waals surface area contributed by atoms with Crippen LogP contribution in [-0.2, 0) is 9.59 Å². The van der Waals surface area contributed by atoms with E-state index in [0.717, 1.165) is 19.4 Å². The summed E-state index contributed by atoms with van der Waals surface area (Å²) in [5, 5.41) is 3.31. The first kappa shape index (κ1) is 15.0. The van der Waals surface area contributed by atoms with Gasteiger partial charge in [0, 0.05) is 12.6 Å². The van der Waals surface area contributed by atoms with Gasteiger partial charge in [-0.05, 0) is 32.2 Å². The second kappa shape index (κ2) is 6.73. The Kier molecular flexibility index (Phi) is 5.59. The third kappa shape index (κ3) is 4.29. The summed E-state index contributed by atoms with van der Waals surface area (Å²) in [6.45, 7) is 7.67. The third-order valence-electron chi connectivity index (χ3n) is 3.32. The van der Waals surface area contributed by atoms with Gasteiger partial charge < -0.3 is 16.0 Å². The number of rotatable bonds is 5. The molecule has 1 saturated heterocycles. The molecule has 5 nitrogen and oxygen atoms in total. The van der Waals surface area contributed by atoms with E-state index in [1.165, 1.54) is 0 Å². The van der Waals surface area contributed by atoms with Crippen LogP contribution in [0, 0.1) is 11.8 Å². The fourth-order valence-electron chi connectivity index (χ4n) is 2.48. The van der Waals surface area contributed by atoms with Crippen molar-refractivity contribution in [3.8, 4) is 0 Å². The molecule has 0 bridgehead atoms. The number of hydrogen-bond acceptors (Lipinski definition) is 3. The molecular formula is C13H25N3O2. The maximum Gasteiger partial charge on any atom is 0.237 e. The molecule has 1 rings (SSSR count). The number of hydrogen-bond donors (Lipinski definition) is 2. The second-order valence-electron chi connectivity index (χ2n) is 5.57. The van der Waals surface area contributed by atoms with E-state index >= 15 is 0 Å². The van der Waals surface area contributed by atoms with E-state index in [1.807, 2.05) is 20.8 Å². The molecule has 18 heavy (non-hydrogen) atoms. The van der Waals surface area contributed by atoms with Crippen LogP contribution in [0.15, 0.2) is 0 Å². The highest BCUT2D eigenvalue weighted by atomic mass is 16.2. The fourth-order valence-corrected chi connectivity index (χ4v) is 2.48. The van der Waals surface area contributed by atoms with E-state index in [1.54, 1.807) is 4.90 Å². The molecular weight excluding hydrogens is 230 g/mol. The van der Waals surface area contributed by atoms with Crippen molar-refractivity contribution in [2.45, 2.75) is 39.7 Å². The maximum absolute atomic E-state index is 12.5. The van der Waals surface area contributed by atoms with Crippen LogP contribution in [0.5, 0.6) is 0 Å². The van der Waals surface area contributed by atoms with E-state index in [-0.39, 0.29) is 24.4 Å². The Morgan fingerprint density at radius 3 is 2.61 bits per heavy atom. The van der Waals surface area contributed by atoms with E-state index in [4.69, 9.17) is 5.73 Å². The topological polar surface area (TPSA) is 75.4 Å². The first-order valence-electron chi connectivity index (χ1n) is 6.72. The van der Waals surface area contributed by atoms with Crippen LogP contribution in [-0.4, -0.2) is 42.4 Å². The number of amides is 2. The van der Waals surface area contributed by atoms with Crippen LogP contribution in [0.1, 0.15) is 33.6 Å². The molecule has 1 fully saturated rings. The predicted octanol–water partition coefficient (Wildman–Crippen LogP) is 0.344. The molecule has 0 aromatic carbocycles. The number of carbonyl (C=O) groups is 2. The molecule has 0 spiro atoms. The van der Waals surface area contributed by atoms with Gasteiger partial charge in [0.1, 0.15) is 0 Å². The van der Waals surface area contributed by atoms with Gasteiger partial charge >= 0.3 is 0 Å². The minimum absolute atomic E-state index is 0.0280. The van der Waals surface area contributed by atoms with Crippen molar-refractivity contribution >= 4 is 11.8 Å². The summed E-state index contributed by atoms with van der Waals surface area (Å²) >= 11 is 0. The number of carbonyl (C=O) groups excluding carboxylic acids is 2. The molecule has 0 aromatic heterocycles. The van der Waals surface area contributed by atoms with Crippen LogP contribution < -0.4 is 11.1 Å². The molecule has 1 aliphatic rings. The Labute approximate surface area is 109 Å².